The number of anilines is 1. The largest absolute Gasteiger partial charge is 0.505 e. The zero-order chi connectivity index (χ0) is 30.4. The lowest BCUT2D eigenvalue weighted by Crippen LogP contribution is -2.59. The van der Waals surface area contributed by atoms with Crippen molar-refractivity contribution in [1.29, 1.82) is 0 Å². The summed E-state index contributed by atoms with van der Waals surface area (Å²) in [7, 11) is 0. The Bertz CT molecular complexity index is 2010. The lowest BCUT2D eigenvalue weighted by Gasteiger charge is -2.49. The van der Waals surface area contributed by atoms with Crippen molar-refractivity contribution in [2.45, 2.75) is 34.7 Å². The van der Waals surface area contributed by atoms with Gasteiger partial charge in [0.15, 0.2) is 21.3 Å². The van der Waals surface area contributed by atoms with E-state index in [1.165, 1.54) is 27.6 Å². The van der Waals surface area contributed by atoms with Gasteiger partial charge in [-0.3, -0.25) is 9.59 Å². The molecule has 0 bridgehead atoms. The molecule has 3 aromatic carbocycles. The van der Waals surface area contributed by atoms with Crippen LogP contribution in [0.3, 0.4) is 0 Å². The monoisotopic (exact) mass is 624 g/mol. The van der Waals surface area contributed by atoms with Gasteiger partial charge in [-0.05, 0) is 59.7 Å². The Kier molecular flexibility index (Phi) is 5.89. The van der Waals surface area contributed by atoms with Crippen LogP contribution < -0.4 is 16.3 Å². The average Bonchev–Trinajstić information content (AvgIpc) is 3.33. The summed E-state index contributed by atoms with van der Waals surface area (Å²) < 4.78 is 31.9. The molecule has 218 valence electrons. The van der Waals surface area contributed by atoms with E-state index in [2.05, 4.69) is 0 Å². The van der Waals surface area contributed by atoms with Gasteiger partial charge in [-0.1, -0.05) is 30.3 Å². The number of fused-ring (bicyclic) bond motifs is 4. The van der Waals surface area contributed by atoms with Crippen LogP contribution in [0.25, 0.3) is 5.69 Å². The van der Waals surface area contributed by atoms with E-state index in [1.807, 2.05) is 0 Å². The van der Waals surface area contributed by atoms with Gasteiger partial charge < -0.3 is 5.11 Å². The first kappa shape index (κ1) is 27.4. The number of phenolic OH excluding ortho intramolecular Hbond substituents is 1. The molecule has 1 N–H and O–H groups in total. The number of rotatable bonds is 3. The Labute approximate surface area is 251 Å². The molecule has 3 heterocycles. The van der Waals surface area contributed by atoms with Crippen LogP contribution in [0.5, 0.6) is 5.75 Å². The number of phenols is 1. The first-order valence-corrected chi connectivity index (χ1v) is 13.9. The molecule has 1 aromatic heterocycles. The maximum absolute atomic E-state index is 14.8. The number of hydrogen-bond acceptors (Lipinski definition) is 5. The second-order valence-electron chi connectivity index (χ2n) is 10.7. The molecule has 0 radical (unpaired) electrons. The van der Waals surface area contributed by atoms with E-state index in [9.17, 15) is 33.1 Å². The highest BCUT2D eigenvalue weighted by Crippen LogP contribution is 2.63. The summed E-state index contributed by atoms with van der Waals surface area (Å²) in [5.74, 6) is -5.38. The molecule has 7 rings (SSSR count). The van der Waals surface area contributed by atoms with Crippen molar-refractivity contribution in [2.75, 3.05) is 4.90 Å². The van der Waals surface area contributed by atoms with Gasteiger partial charge in [-0.15, -0.1) is 23.2 Å². The minimum atomic E-state index is -2.24. The van der Waals surface area contributed by atoms with Crippen LogP contribution in [0.4, 0.5) is 14.5 Å². The fourth-order valence-electron chi connectivity index (χ4n) is 6.54. The summed E-state index contributed by atoms with van der Waals surface area (Å²) in [6, 6.07) is 15.2. The molecule has 1 saturated heterocycles. The molecule has 2 fully saturated rings. The van der Waals surface area contributed by atoms with E-state index in [0.29, 0.717) is 11.3 Å². The molecule has 4 aromatic rings. The number of aromatic nitrogens is 3. The second-order valence-corrected chi connectivity index (χ2v) is 11.9. The van der Waals surface area contributed by atoms with Crippen LogP contribution in [0.2, 0.25) is 0 Å². The van der Waals surface area contributed by atoms with Crippen molar-refractivity contribution < 1.29 is 23.5 Å². The third kappa shape index (κ3) is 3.55. The van der Waals surface area contributed by atoms with E-state index in [4.69, 9.17) is 23.2 Å². The van der Waals surface area contributed by atoms with Gasteiger partial charge in [0.2, 0.25) is 0 Å². The highest BCUT2D eigenvalue weighted by molar-refractivity contribution is 6.58. The molecule has 3 aliphatic rings. The number of alkyl halides is 2. The van der Waals surface area contributed by atoms with Crippen LogP contribution in [0.15, 0.2) is 94.0 Å². The normalized spacial score (nSPS) is 26.1. The van der Waals surface area contributed by atoms with E-state index in [0.717, 1.165) is 33.7 Å². The number of imide groups is 1. The zero-order valence-electron chi connectivity index (χ0n) is 22.0. The van der Waals surface area contributed by atoms with Crippen molar-refractivity contribution >= 4 is 40.7 Å². The van der Waals surface area contributed by atoms with E-state index in [-0.39, 0.29) is 24.2 Å². The van der Waals surface area contributed by atoms with Gasteiger partial charge >= 0.3 is 11.4 Å². The Morgan fingerprint density at radius 1 is 0.837 bits per heavy atom. The molecule has 13 heteroatoms. The molecule has 1 saturated carbocycles. The maximum atomic E-state index is 14.8. The lowest BCUT2D eigenvalue weighted by molar-refractivity contribution is -0.122. The van der Waals surface area contributed by atoms with Crippen LogP contribution >= 0.6 is 23.2 Å². The van der Waals surface area contributed by atoms with E-state index in [1.54, 1.807) is 36.4 Å². The SMILES string of the molecule is O=C1N(c2ccc(F)cc2)C(=O)C2(Cl)C(c3ccc(O)c(F)c3)C3=CCn4c(=O)n(-c5ccccc5)c(=O)n4C3CC12Cl. The number of para-hydroxylation sites is 1. The molecular weight excluding hydrogens is 605 g/mol. The van der Waals surface area contributed by atoms with Crippen molar-refractivity contribution in [2.24, 2.45) is 0 Å². The standard InChI is InChI=1S/C30H20Cl2F2N4O5/c31-29-15-22-20(12-13-35-27(42)37(28(43)38(22)35)18-4-2-1-3-5-18)24(16-6-11-23(39)21(34)14-16)30(29,32)26(41)36(25(29)40)19-9-7-17(33)8-10-19/h1-12,14,22,24,39H,13,15H2. The summed E-state index contributed by atoms with van der Waals surface area (Å²) in [4.78, 5) is 52.0. The number of benzene rings is 3. The van der Waals surface area contributed by atoms with Crippen molar-refractivity contribution in [3.05, 3.63) is 123 Å². The van der Waals surface area contributed by atoms with Gasteiger partial charge in [0, 0.05) is 12.3 Å². The molecule has 43 heavy (non-hydrogen) atoms. The Morgan fingerprint density at radius 3 is 2.21 bits per heavy atom. The molecule has 4 unspecified atom stereocenters. The minimum absolute atomic E-state index is 0.0164. The Morgan fingerprint density at radius 2 is 1.53 bits per heavy atom. The highest BCUT2D eigenvalue weighted by atomic mass is 35.5. The fourth-order valence-corrected chi connectivity index (χ4v) is 7.45. The third-order valence-electron chi connectivity index (χ3n) is 8.48. The molecule has 1 aliphatic carbocycles. The number of aromatic hydroxyl groups is 1. The van der Waals surface area contributed by atoms with Crippen molar-refractivity contribution in [3.8, 4) is 11.4 Å². The quantitative estimate of drug-likeness (QED) is 0.211. The Balaban J connectivity index is 1.47. The van der Waals surface area contributed by atoms with Crippen LogP contribution in [0.1, 0.15) is 23.9 Å². The molecule has 0 spiro atoms. The van der Waals surface area contributed by atoms with Gasteiger partial charge in [-0.2, -0.15) is 0 Å². The second kappa shape index (κ2) is 9.26. The number of carbonyl (C=O) groups excluding carboxylic acids is 2. The molecule has 9 nitrogen and oxygen atoms in total. The van der Waals surface area contributed by atoms with E-state index < -0.39 is 62.3 Å². The molecule has 2 aliphatic heterocycles. The molecule has 4 atom stereocenters. The highest BCUT2D eigenvalue weighted by Gasteiger charge is 2.75. The van der Waals surface area contributed by atoms with Gasteiger partial charge in [0.05, 0.1) is 24.0 Å². The maximum Gasteiger partial charge on any atom is 0.352 e. The number of halogens is 4. The molecule has 2 amide bonds. The molecular formula is C30H20Cl2F2N4O5. The third-order valence-corrected chi connectivity index (χ3v) is 9.90. The van der Waals surface area contributed by atoms with E-state index >= 15 is 0 Å². The first-order chi connectivity index (χ1) is 20.5. The predicted molar refractivity (Wildman–Crippen MR) is 153 cm³/mol. The Hall–Kier alpha value is -4.48. The zero-order valence-corrected chi connectivity index (χ0v) is 23.5. The van der Waals surface area contributed by atoms with Gasteiger partial charge in [0.25, 0.3) is 11.8 Å². The lowest BCUT2D eigenvalue weighted by atomic mass is 9.64. The number of nitrogens with zero attached hydrogens (tertiary/aromatic N) is 4. The topological polar surface area (TPSA) is 107 Å². The van der Waals surface area contributed by atoms with Crippen LogP contribution in [-0.2, 0) is 16.1 Å². The van der Waals surface area contributed by atoms with Crippen molar-refractivity contribution in [1.82, 2.24) is 13.9 Å². The summed E-state index contributed by atoms with van der Waals surface area (Å²) in [6.45, 7) is -0.0944. The predicted octanol–water partition coefficient (Wildman–Crippen LogP) is 3.98. The van der Waals surface area contributed by atoms with Crippen molar-refractivity contribution in [3.63, 3.8) is 0 Å². The first-order valence-electron chi connectivity index (χ1n) is 13.2. The fraction of sp³-hybridized carbons (Fsp3) is 0.200. The number of allylic oxidation sites excluding steroid dienone is 2. The van der Waals surface area contributed by atoms with Gasteiger partial charge in [-0.25, -0.2) is 37.2 Å². The number of hydrogen-bond donors (Lipinski definition) is 1. The van der Waals surface area contributed by atoms with Gasteiger partial charge in [0.1, 0.15) is 5.82 Å². The number of amides is 2. The number of carbonyl (C=O) groups is 2. The minimum Gasteiger partial charge on any atom is -0.505 e. The summed E-state index contributed by atoms with van der Waals surface area (Å²) in [6.07, 6.45) is 1.25. The van der Waals surface area contributed by atoms with Crippen LogP contribution in [-0.4, -0.2) is 40.6 Å². The summed E-state index contributed by atoms with van der Waals surface area (Å²) in [5.41, 5.74) is -0.527. The smallest absolute Gasteiger partial charge is 0.352 e. The van der Waals surface area contributed by atoms with Crippen LogP contribution in [0, 0.1) is 11.6 Å². The summed E-state index contributed by atoms with van der Waals surface area (Å²) in [5, 5.41) is 9.90. The summed E-state index contributed by atoms with van der Waals surface area (Å²) >= 11 is 14.4. The average molecular weight is 625 g/mol.